The number of ether oxygens (including phenoxy) is 1. The standard InChI is InChI=1S/C13H29NO/c1-3-4-5-6-8-11-14-12-9-7-10-13-15-2/h14H,3-13H2,1-2H3. The summed E-state index contributed by atoms with van der Waals surface area (Å²) >= 11 is 0. The Bertz CT molecular complexity index is 94.7. The minimum atomic E-state index is 0.914. The molecule has 0 amide bonds. The van der Waals surface area contributed by atoms with Crippen LogP contribution in [0.25, 0.3) is 0 Å². The van der Waals surface area contributed by atoms with Crippen LogP contribution >= 0.6 is 0 Å². The molecule has 1 N–H and O–H groups in total. The molecule has 0 aromatic heterocycles. The van der Waals surface area contributed by atoms with Gasteiger partial charge in [-0.05, 0) is 38.8 Å². The third-order valence-electron chi connectivity index (χ3n) is 2.66. The van der Waals surface area contributed by atoms with E-state index in [9.17, 15) is 0 Å². The van der Waals surface area contributed by atoms with Gasteiger partial charge >= 0.3 is 0 Å². The average molecular weight is 215 g/mol. The van der Waals surface area contributed by atoms with Gasteiger partial charge in [0.1, 0.15) is 0 Å². The van der Waals surface area contributed by atoms with Crippen molar-refractivity contribution < 1.29 is 4.74 Å². The number of hydrogen-bond donors (Lipinski definition) is 1. The van der Waals surface area contributed by atoms with Crippen molar-refractivity contribution >= 4 is 0 Å². The van der Waals surface area contributed by atoms with Crippen molar-refractivity contribution in [1.29, 1.82) is 0 Å². The van der Waals surface area contributed by atoms with Crippen molar-refractivity contribution in [3.63, 3.8) is 0 Å². The van der Waals surface area contributed by atoms with Crippen molar-refractivity contribution in [3.05, 3.63) is 0 Å². The molecule has 0 rings (SSSR count). The number of nitrogens with one attached hydrogen (secondary N) is 1. The SMILES string of the molecule is CCCCCCCNCCCCCOC. The lowest BCUT2D eigenvalue weighted by Gasteiger charge is -2.04. The molecule has 0 saturated heterocycles. The molecule has 0 unspecified atom stereocenters. The van der Waals surface area contributed by atoms with E-state index in [2.05, 4.69) is 12.2 Å². The third kappa shape index (κ3) is 13.9. The van der Waals surface area contributed by atoms with E-state index in [1.165, 1.54) is 64.5 Å². The molecule has 0 aliphatic carbocycles. The highest BCUT2D eigenvalue weighted by atomic mass is 16.5. The van der Waals surface area contributed by atoms with Crippen LogP contribution in [-0.2, 0) is 4.74 Å². The molecule has 0 aliphatic rings. The van der Waals surface area contributed by atoms with Gasteiger partial charge in [-0.25, -0.2) is 0 Å². The average Bonchev–Trinajstić information content (AvgIpc) is 2.26. The van der Waals surface area contributed by atoms with Crippen LogP contribution in [0.4, 0.5) is 0 Å². The summed E-state index contributed by atoms with van der Waals surface area (Å²) in [4.78, 5) is 0. The summed E-state index contributed by atoms with van der Waals surface area (Å²) < 4.78 is 5.00. The highest BCUT2D eigenvalue weighted by molar-refractivity contribution is 4.50. The normalized spacial score (nSPS) is 10.8. The number of methoxy groups -OCH3 is 1. The quantitative estimate of drug-likeness (QED) is 0.504. The second kappa shape index (κ2) is 13.9. The Morgan fingerprint density at radius 3 is 2.00 bits per heavy atom. The van der Waals surface area contributed by atoms with Gasteiger partial charge in [0.2, 0.25) is 0 Å². The maximum Gasteiger partial charge on any atom is 0.0462 e. The number of hydrogen-bond acceptors (Lipinski definition) is 2. The minimum Gasteiger partial charge on any atom is -0.385 e. The van der Waals surface area contributed by atoms with E-state index in [1.807, 2.05) is 0 Å². The van der Waals surface area contributed by atoms with Gasteiger partial charge in [0.05, 0.1) is 0 Å². The van der Waals surface area contributed by atoms with Gasteiger partial charge in [-0.3, -0.25) is 0 Å². The van der Waals surface area contributed by atoms with Crippen LogP contribution in [0, 0.1) is 0 Å². The maximum atomic E-state index is 5.00. The molecule has 2 heteroatoms. The zero-order valence-electron chi connectivity index (χ0n) is 10.7. The van der Waals surface area contributed by atoms with E-state index in [4.69, 9.17) is 4.74 Å². The first-order valence-electron chi connectivity index (χ1n) is 6.61. The van der Waals surface area contributed by atoms with Gasteiger partial charge in [-0.2, -0.15) is 0 Å². The first-order valence-corrected chi connectivity index (χ1v) is 6.61. The molecule has 0 spiro atoms. The fourth-order valence-electron chi connectivity index (χ4n) is 1.65. The lowest BCUT2D eigenvalue weighted by molar-refractivity contribution is 0.192. The Morgan fingerprint density at radius 1 is 0.800 bits per heavy atom. The van der Waals surface area contributed by atoms with E-state index in [1.54, 1.807) is 7.11 Å². The van der Waals surface area contributed by atoms with E-state index < -0.39 is 0 Å². The molecule has 2 nitrogen and oxygen atoms in total. The lowest BCUT2D eigenvalue weighted by atomic mass is 10.1. The smallest absolute Gasteiger partial charge is 0.0462 e. The van der Waals surface area contributed by atoms with Gasteiger partial charge in [0, 0.05) is 13.7 Å². The van der Waals surface area contributed by atoms with Crippen LogP contribution in [0.2, 0.25) is 0 Å². The molecule has 0 saturated carbocycles. The van der Waals surface area contributed by atoms with Gasteiger partial charge in [-0.15, -0.1) is 0 Å². The Morgan fingerprint density at radius 2 is 1.40 bits per heavy atom. The van der Waals surface area contributed by atoms with Crippen LogP contribution in [-0.4, -0.2) is 26.8 Å². The van der Waals surface area contributed by atoms with Crippen LogP contribution in [0.1, 0.15) is 58.3 Å². The Balaban J connectivity index is 2.81. The molecule has 0 radical (unpaired) electrons. The van der Waals surface area contributed by atoms with Crippen LogP contribution in [0.3, 0.4) is 0 Å². The Kier molecular flexibility index (Phi) is 13.8. The largest absolute Gasteiger partial charge is 0.385 e. The minimum absolute atomic E-state index is 0.914. The van der Waals surface area contributed by atoms with E-state index in [0.717, 1.165) is 6.61 Å². The molecule has 92 valence electrons. The van der Waals surface area contributed by atoms with Gasteiger partial charge in [0.15, 0.2) is 0 Å². The lowest BCUT2D eigenvalue weighted by Crippen LogP contribution is -2.16. The molecule has 0 bridgehead atoms. The van der Waals surface area contributed by atoms with E-state index in [-0.39, 0.29) is 0 Å². The molecular weight excluding hydrogens is 186 g/mol. The third-order valence-corrected chi connectivity index (χ3v) is 2.66. The molecule has 0 atom stereocenters. The summed E-state index contributed by atoms with van der Waals surface area (Å²) in [6, 6.07) is 0. The van der Waals surface area contributed by atoms with Crippen molar-refractivity contribution in [2.75, 3.05) is 26.8 Å². The Hall–Kier alpha value is -0.0800. The zero-order valence-corrected chi connectivity index (χ0v) is 10.7. The van der Waals surface area contributed by atoms with Crippen molar-refractivity contribution in [2.24, 2.45) is 0 Å². The van der Waals surface area contributed by atoms with Crippen molar-refractivity contribution in [1.82, 2.24) is 5.32 Å². The molecule has 0 aliphatic heterocycles. The topological polar surface area (TPSA) is 21.3 Å². The summed E-state index contributed by atoms with van der Waals surface area (Å²) in [7, 11) is 1.77. The number of unbranched alkanes of at least 4 members (excludes halogenated alkanes) is 6. The summed E-state index contributed by atoms with van der Waals surface area (Å²) in [5.41, 5.74) is 0. The molecule has 15 heavy (non-hydrogen) atoms. The summed E-state index contributed by atoms with van der Waals surface area (Å²) in [5, 5.41) is 3.50. The fourth-order valence-corrected chi connectivity index (χ4v) is 1.65. The van der Waals surface area contributed by atoms with Crippen LogP contribution in [0.5, 0.6) is 0 Å². The van der Waals surface area contributed by atoms with E-state index >= 15 is 0 Å². The van der Waals surface area contributed by atoms with Crippen LogP contribution in [0.15, 0.2) is 0 Å². The van der Waals surface area contributed by atoms with Gasteiger partial charge in [0.25, 0.3) is 0 Å². The second-order valence-corrected chi connectivity index (χ2v) is 4.22. The van der Waals surface area contributed by atoms with Crippen molar-refractivity contribution in [2.45, 2.75) is 58.3 Å². The molecular formula is C13H29NO. The predicted molar refractivity (Wildman–Crippen MR) is 67.4 cm³/mol. The van der Waals surface area contributed by atoms with E-state index in [0.29, 0.717) is 0 Å². The molecule has 0 aromatic rings. The fraction of sp³-hybridized carbons (Fsp3) is 1.00. The van der Waals surface area contributed by atoms with Gasteiger partial charge < -0.3 is 10.1 Å². The maximum absolute atomic E-state index is 5.00. The number of rotatable bonds is 12. The highest BCUT2D eigenvalue weighted by Crippen LogP contribution is 2.01. The predicted octanol–water partition coefficient (Wildman–Crippen LogP) is 3.36. The monoisotopic (exact) mass is 215 g/mol. The summed E-state index contributed by atoms with van der Waals surface area (Å²) in [6.07, 6.45) is 10.7. The summed E-state index contributed by atoms with van der Waals surface area (Å²) in [6.45, 7) is 5.56. The van der Waals surface area contributed by atoms with Crippen molar-refractivity contribution in [3.8, 4) is 0 Å². The van der Waals surface area contributed by atoms with Crippen LogP contribution < -0.4 is 5.32 Å². The molecule has 0 fully saturated rings. The zero-order chi connectivity index (χ0) is 11.2. The summed E-state index contributed by atoms with van der Waals surface area (Å²) in [5.74, 6) is 0. The first-order chi connectivity index (χ1) is 7.41. The highest BCUT2D eigenvalue weighted by Gasteiger charge is 1.91. The molecule has 0 aromatic carbocycles. The van der Waals surface area contributed by atoms with Gasteiger partial charge in [-0.1, -0.05) is 32.6 Å². The first kappa shape index (κ1) is 14.9. The Labute approximate surface area is 95.8 Å². The second-order valence-electron chi connectivity index (χ2n) is 4.22. The molecule has 0 heterocycles.